The molecule has 0 radical (unpaired) electrons. The van der Waals surface area contributed by atoms with Crippen LogP contribution in [-0.4, -0.2) is 20.9 Å². The number of nitrogens with one attached hydrogen (secondary N) is 1. The highest BCUT2D eigenvalue weighted by atomic mass is 19.1. The molecule has 1 aliphatic carbocycles. The third-order valence-electron chi connectivity index (χ3n) is 4.10. The van der Waals surface area contributed by atoms with E-state index in [1.165, 1.54) is 12.4 Å². The van der Waals surface area contributed by atoms with Crippen molar-refractivity contribution >= 4 is 11.7 Å². The van der Waals surface area contributed by atoms with Crippen molar-refractivity contribution in [3.05, 3.63) is 60.0 Å². The number of hydrogen-bond acceptors (Lipinski definition) is 5. The van der Waals surface area contributed by atoms with Crippen LogP contribution in [0, 0.1) is 22.8 Å². The molecule has 136 valence electrons. The van der Waals surface area contributed by atoms with Crippen molar-refractivity contribution in [3.63, 3.8) is 0 Å². The van der Waals surface area contributed by atoms with Crippen molar-refractivity contribution in [2.24, 2.45) is 5.92 Å². The fourth-order valence-corrected chi connectivity index (χ4v) is 2.64. The van der Waals surface area contributed by atoms with Gasteiger partial charge in [-0.1, -0.05) is 0 Å². The minimum absolute atomic E-state index is 0.0372. The lowest BCUT2D eigenvalue weighted by Crippen LogP contribution is -2.27. The average molecular weight is 369 g/mol. The zero-order chi connectivity index (χ0) is 19.0. The fourth-order valence-electron chi connectivity index (χ4n) is 2.64. The van der Waals surface area contributed by atoms with Crippen molar-refractivity contribution in [2.45, 2.75) is 12.8 Å². The first kappa shape index (κ1) is 17.0. The maximum atomic E-state index is 14.3. The lowest BCUT2D eigenvalue weighted by Gasteiger charge is -2.12. The summed E-state index contributed by atoms with van der Waals surface area (Å²) in [5.74, 6) is -2.17. The van der Waals surface area contributed by atoms with E-state index < -0.39 is 17.2 Å². The zero-order valence-corrected chi connectivity index (χ0v) is 13.9. The van der Waals surface area contributed by atoms with E-state index in [0.29, 0.717) is 18.0 Å². The summed E-state index contributed by atoms with van der Waals surface area (Å²) in [6, 6.07) is 3.29. The number of halogens is 2. The van der Waals surface area contributed by atoms with Crippen LogP contribution < -0.4 is 10.0 Å². The minimum Gasteiger partial charge on any atom is -0.619 e. The Kier molecular flexibility index (Phi) is 4.19. The summed E-state index contributed by atoms with van der Waals surface area (Å²) in [7, 11) is 0. The van der Waals surface area contributed by atoms with Gasteiger partial charge in [0.05, 0.1) is 11.8 Å². The fraction of sp³-hybridized carbons (Fsp3) is 0.167. The quantitative estimate of drug-likeness (QED) is 0.563. The largest absolute Gasteiger partial charge is 0.619 e. The normalized spacial score (nSPS) is 13.4. The number of pyridine rings is 2. The number of aromatic nitrogens is 4. The monoisotopic (exact) mass is 369 g/mol. The van der Waals surface area contributed by atoms with Crippen LogP contribution in [0.4, 0.5) is 14.6 Å². The molecule has 1 aliphatic rings. The highest BCUT2D eigenvalue weighted by Gasteiger charge is 2.30. The maximum absolute atomic E-state index is 14.3. The molecule has 0 saturated heterocycles. The second-order valence-corrected chi connectivity index (χ2v) is 6.15. The number of hydrogen-bond donors (Lipinski definition) is 1. The van der Waals surface area contributed by atoms with Gasteiger partial charge in [0.15, 0.2) is 5.82 Å². The van der Waals surface area contributed by atoms with Gasteiger partial charge >= 0.3 is 0 Å². The Balaban J connectivity index is 1.85. The predicted molar refractivity (Wildman–Crippen MR) is 90.9 cm³/mol. The van der Waals surface area contributed by atoms with Gasteiger partial charge in [-0.3, -0.25) is 9.78 Å². The molecule has 1 amide bonds. The Bertz CT molecular complexity index is 1000. The predicted octanol–water partition coefficient (Wildman–Crippen LogP) is 2.47. The van der Waals surface area contributed by atoms with Gasteiger partial charge < -0.3 is 10.5 Å². The lowest BCUT2D eigenvalue weighted by molar-refractivity contribution is -0.608. The molecule has 4 rings (SSSR count). The molecule has 3 heterocycles. The molecule has 1 saturated carbocycles. The van der Waals surface area contributed by atoms with Crippen LogP contribution in [0.3, 0.4) is 0 Å². The first-order chi connectivity index (χ1) is 13.0. The number of amides is 1. The number of rotatable bonds is 4. The number of carbonyl (C=O) groups excluding carboxylic acids is 1. The summed E-state index contributed by atoms with van der Waals surface area (Å²) in [5, 5.41) is 13.9. The van der Waals surface area contributed by atoms with Crippen molar-refractivity contribution < 1.29 is 18.3 Å². The highest BCUT2D eigenvalue weighted by molar-refractivity contribution is 5.93. The van der Waals surface area contributed by atoms with Gasteiger partial charge in [0, 0.05) is 23.9 Å². The van der Waals surface area contributed by atoms with Crippen LogP contribution in [-0.2, 0) is 4.79 Å². The summed E-state index contributed by atoms with van der Waals surface area (Å²) < 4.78 is 28.6. The second kappa shape index (κ2) is 6.67. The van der Waals surface area contributed by atoms with Crippen molar-refractivity contribution in [1.82, 2.24) is 15.0 Å². The molecule has 0 aromatic carbocycles. The smallest absolute Gasteiger partial charge is 0.228 e. The van der Waals surface area contributed by atoms with Gasteiger partial charge in [0.2, 0.25) is 29.9 Å². The molecule has 1 N–H and O–H groups in total. The SMILES string of the molecule is O=C(Nc1cnc(-c2c(F)c[n+]([O-])cc2F)c(-c2cccnc2)n1)C1CC1. The molecule has 3 aromatic heterocycles. The van der Waals surface area contributed by atoms with E-state index in [0.717, 1.165) is 12.8 Å². The Morgan fingerprint density at radius 2 is 1.93 bits per heavy atom. The lowest BCUT2D eigenvalue weighted by atomic mass is 10.1. The third-order valence-corrected chi connectivity index (χ3v) is 4.10. The highest BCUT2D eigenvalue weighted by Crippen LogP contribution is 2.33. The van der Waals surface area contributed by atoms with Crippen LogP contribution in [0.15, 0.2) is 43.1 Å². The third kappa shape index (κ3) is 3.43. The summed E-state index contributed by atoms with van der Waals surface area (Å²) in [6.07, 6.45) is 7.09. The van der Waals surface area contributed by atoms with E-state index in [4.69, 9.17) is 0 Å². The Morgan fingerprint density at radius 1 is 1.19 bits per heavy atom. The summed E-state index contributed by atoms with van der Waals surface area (Å²) in [4.78, 5) is 24.4. The molecule has 0 spiro atoms. The first-order valence-corrected chi connectivity index (χ1v) is 8.19. The second-order valence-electron chi connectivity index (χ2n) is 6.15. The van der Waals surface area contributed by atoms with E-state index in [2.05, 4.69) is 20.3 Å². The Hall–Kier alpha value is -3.49. The van der Waals surface area contributed by atoms with E-state index >= 15 is 0 Å². The standard InChI is InChI=1S/C18H13F2N5O2/c19-12-8-25(27)9-13(20)15(12)17-16(11-2-1-5-21-6-11)23-14(7-22-17)24-18(26)10-3-4-10/h1-2,5-10H,3-4H2,(H,23,24,26). The van der Waals surface area contributed by atoms with Crippen molar-refractivity contribution in [3.8, 4) is 22.5 Å². The van der Waals surface area contributed by atoms with Crippen LogP contribution >= 0.6 is 0 Å². The minimum atomic E-state index is -1.07. The molecule has 27 heavy (non-hydrogen) atoms. The van der Waals surface area contributed by atoms with Gasteiger partial charge in [-0.05, 0) is 25.0 Å². The van der Waals surface area contributed by atoms with Crippen molar-refractivity contribution in [2.75, 3.05) is 5.32 Å². The number of anilines is 1. The van der Waals surface area contributed by atoms with Crippen LogP contribution in [0.25, 0.3) is 22.5 Å². The average Bonchev–Trinajstić information content (AvgIpc) is 3.48. The molecule has 3 aromatic rings. The molecule has 9 heteroatoms. The van der Waals surface area contributed by atoms with E-state index in [-0.39, 0.29) is 33.8 Å². The topological polar surface area (TPSA) is 94.7 Å². The summed E-state index contributed by atoms with van der Waals surface area (Å²) >= 11 is 0. The molecule has 0 atom stereocenters. The van der Waals surface area contributed by atoms with Gasteiger partial charge in [-0.2, -0.15) is 13.5 Å². The van der Waals surface area contributed by atoms with E-state index in [9.17, 15) is 18.8 Å². The molecule has 0 unspecified atom stereocenters. The summed E-state index contributed by atoms with van der Waals surface area (Å²) in [5.41, 5.74) is 0.0230. The molecule has 0 aliphatic heterocycles. The first-order valence-electron chi connectivity index (χ1n) is 8.19. The summed E-state index contributed by atoms with van der Waals surface area (Å²) in [6.45, 7) is 0. The molecular weight excluding hydrogens is 356 g/mol. The molecule has 7 nitrogen and oxygen atoms in total. The van der Waals surface area contributed by atoms with Crippen LogP contribution in [0.5, 0.6) is 0 Å². The Labute approximate surface area is 152 Å². The Morgan fingerprint density at radius 3 is 2.56 bits per heavy atom. The number of nitrogens with zero attached hydrogens (tertiary/aromatic N) is 4. The van der Waals surface area contributed by atoms with Gasteiger partial charge in [0.25, 0.3) is 0 Å². The zero-order valence-electron chi connectivity index (χ0n) is 13.9. The van der Waals surface area contributed by atoms with Crippen molar-refractivity contribution in [1.29, 1.82) is 0 Å². The molecular formula is C18H13F2N5O2. The van der Waals surface area contributed by atoms with E-state index in [1.807, 2.05) is 0 Å². The van der Waals surface area contributed by atoms with Crippen LogP contribution in [0.1, 0.15) is 12.8 Å². The van der Waals surface area contributed by atoms with E-state index in [1.54, 1.807) is 18.3 Å². The van der Waals surface area contributed by atoms with Gasteiger partial charge in [-0.25, -0.2) is 9.97 Å². The molecule has 1 fully saturated rings. The molecule has 0 bridgehead atoms. The van der Waals surface area contributed by atoms with Gasteiger partial charge in [0.1, 0.15) is 11.4 Å². The maximum Gasteiger partial charge on any atom is 0.228 e. The van der Waals surface area contributed by atoms with Crippen LogP contribution in [0.2, 0.25) is 0 Å². The van der Waals surface area contributed by atoms with Gasteiger partial charge in [-0.15, -0.1) is 0 Å². The number of carbonyl (C=O) groups is 1.